The summed E-state index contributed by atoms with van der Waals surface area (Å²) in [5.41, 5.74) is 5.42. The first kappa shape index (κ1) is 10.8. The molecule has 2 N–H and O–H groups in total. The highest BCUT2D eigenvalue weighted by molar-refractivity contribution is 4.78. The fourth-order valence-electron chi connectivity index (χ4n) is 1.06. The Kier molecular flexibility index (Phi) is 4.57. The molecule has 1 fully saturated rings. The first-order chi connectivity index (χ1) is 5.10. The van der Waals surface area contributed by atoms with E-state index >= 15 is 0 Å². The maximum Gasteiger partial charge on any atom is 0.248 e. The van der Waals surface area contributed by atoms with Gasteiger partial charge in [0.25, 0.3) is 0 Å². The summed E-state index contributed by atoms with van der Waals surface area (Å²) in [7, 11) is 0. The molecule has 0 aromatic heterocycles. The van der Waals surface area contributed by atoms with Crippen molar-refractivity contribution in [1.29, 1.82) is 0 Å². The van der Waals surface area contributed by atoms with Gasteiger partial charge < -0.3 is 5.73 Å². The molecule has 0 aromatic rings. The molecule has 0 bridgehead atoms. The van der Waals surface area contributed by atoms with Gasteiger partial charge in [0.2, 0.25) is 5.92 Å². The van der Waals surface area contributed by atoms with Gasteiger partial charge >= 0.3 is 0 Å². The third kappa shape index (κ3) is 4.30. The Morgan fingerprint density at radius 3 is 1.82 bits per heavy atom. The first-order valence-electron chi connectivity index (χ1n) is 4.23. The predicted molar refractivity (Wildman–Crippen MR) is 42.7 cm³/mol. The summed E-state index contributed by atoms with van der Waals surface area (Å²) in [6, 6.07) is 0.0182. The van der Waals surface area contributed by atoms with Crippen molar-refractivity contribution in [2.45, 2.75) is 51.5 Å². The summed E-state index contributed by atoms with van der Waals surface area (Å²) >= 11 is 0. The molecule has 68 valence electrons. The lowest BCUT2D eigenvalue weighted by atomic mass is 9.93. The van der Waals surface area contributed by atoms with Crippen molar-refractivity contribution in [3.63, 3.8) is 0 Å². The van der Waals surface area contributed by atoms with Crippen LogP contribution in [0.2, 0.25) is 0 Å². The lowest BCUT2D eigenvalue weighted by Crippen LogP contribution is -2.32. The predicted octanol–water partition coefficient (Wildman–Crippen LogP) is 2.55. The summed E-state index contributed by atoms with van der Waals surface area (Å²) in [6.07, 6.45) is 0.919. The average Bonchev–Trinajstić information content (AvgIpc) is 2.00. The van der Waals surface area contributed by atoms with E-state index in [4.69, 9.17) is 5.73 Å². The lowest BCUT2D eigenvalue weighted by molar-refractivity contribution is -0.0375. The Balaban J connectivity index is 0.000000461. The van der Waals surface area contributed by atoms with Crippen LogP contribution in [0.4, 0.5) is 8.78 Å². The zero-order chi connectivity index (χ0) is 8.91. The second kappa shape index (κ2) is 4.65. The van der Waals surface area contributed by atoms with Gasteiger partial charge in [-0.2, -0.15) is 0 Å². The Morgan fingerprint density at radius 2 is 1.55 bits per heavy atom. The van der Waals surface area contributed by atoms with Gasteiger partial charge in [-0.3, -0.25) is 0 Å². The van der Waals surface area contributed by atoms with Crippen molar-refractivity contribution in [3.05, 3.63) is 0 Å². The van der Waals surface area contributed by atoms with Crippen molar-refractivity contribution < 1.29 is 8.78 Å². The Morgan fingerprint density at radius 1 is 1.18 bits per heavy atom. The molecule has 0 spiro atoms. The number of hydrogen-bond acceptors (Lipinski definition) is 1. The van der Waals surface area contributed by atoms with Crippen molar-refractivity contribution in [3.8, 4) is 0 Å². The van der Waals surface area contributed by atoms with Gasteiger partial charge in [0, 0.05) is 18.9 Å². The standard InChI is InChI=1S/C6H11F2N.C2H6/c7-6(8)3-1-5(9)2-4-6;1-2/h5H,1-4,9H2;1-2H3. The molecule has 1 saturated carbocycles. The monoisotopic (exact) mass is 165 g/mol. The highest BCUT2D eigenvalue weighted by atomic mass is 19.3. The van der Waals surface area contributed by atoms with Crippen LogP contribution in [0, 0.1) is 0 Å². The second-order valence-corrected chi connectivity index (χ2v) is 2.69. The van der Waals surface area contributed by atoms with Crippen molar-refractivity contribution in [2.24, 2.45) is 5.73 Å². The molecular weight excluding hydrogens is 148 g/mol. The van der Waals surface area contributed by atoms with Gasteiger partial charge in [-0.05, 0) is 12.8 Å². The highest BCUT2D eigenvalue weighted by Crippen LogP contribution is 2.31. The van der Waals surface area contributed by atoms with E-state index in [9.17, 15) is 8.78 Å². The van der Waals surface area contributed by atoms with Gasteiger partial charge in [0.05, 0.1) is 0 Å². The van der Waals surface area contributed by atoms with E-state index in [1.165, 1.54) is 0 Å². The molecule has 0 aliphatic heterocycles. The van der Waals surface area contributed by atoms with Crippen molar-refractivity contribution in [2.75, 3.05) is 0 Å². The molecule has 0 aromatic carbocycles. The van der Waals surface area contributed by atoms with Gasteiger partial charge in [0.15, 0.2) is 0 Å². The molecular formula is C8H17F2N. The molecule has 0 atom stereocenters. The quantitative estimate of drug-likeness (QED) is 0.586. The minimum atomic E-state index is -2.42. The molecule has 1 aliphatic carbocycles. The fraction of sp³-hybridized carbons (Fsp3) is 1.00. The molecule has 0 amide bonds. The number of rotatable bonds is 0. The number of nitrogens with two attached hydrogens (primary N) is 1. The third-order valence-electron chi connectivity index (χ3n) is 1.76. The van der Waals surface area contributed by atoms with Crippen molar-refractivity contribution >= 4 is 0 Å². The second-order valence-electron chi connectivity index (χ2n) is 2.69. The van der Waals surface area contributed by atoms with Crippen LogP contribution in [-0.4, -0.2) is 12.0 Å². The zero-order valence-electron chi connectivity index (χ0n) is 7.24. The maximum atomic E-state index is 12.3. The topological polar surface area (TPSA) is 26.0 Å². The lowest BCUT2D eigenvalue weighted by Gasteiger charge is -2.25. The molecule has 1 nitrogen and oxygen atoms in total. The van der Waals surface area contributed by atoms with Crippen molar-refractivity contribution in [1.82, 2.24) is 0 Å². The molecule has 3 heteroatoms. The summed E-state index contributed by atoms with van der Waals surface area (Å²) in [4.78, 5) is 0. The molecule has 0 saturated heterocycles. The number of hydrogen-bond donors (Lipinski definition) is 1. The van der Waals surface area contributed by atoms with Crippen LogP contribution in [0.5, 0.6) is 0 Å². The molecule has 1 aliphatic rings. The number of halogens is 2. The van der Waals surface area contributed by atoms with E-state index in [0.29, 0.717) is 12.8 Å². The molecule has 0 heterocycles. The fourth-order valence-corrected chi connectivity index (χ4v) is 1.06. The summed E-state index contributed by atoms with van der Waals surface area (Å²) < 4.78 is 24.6. The summed E-state index contributed by atoms with van der Waals surface area (Å²) in [5.74, 6) is -2.42. The normalized spacial score (nSPS) is 23.7. The Bertz CT molecular complexity index is 94.3. The maximum absolute atomic E-state index is 12.3. The van der Waals surface area contributed by atoms with Gasteiger partial charge in [-0.1, -0.05) is 13.8 Å². The zero-order valence-corrected chi connectivity index (χ0v) is 7.24. The van der Waals surface area contributed by atoms with E-state index in [-0.39, 0.29) is 18.9 Å². The molecule has 0 unspecified atom stereocenters. The Hall–Kier alpha value is -0.180. The van der Waals surface area contributed by atoms with E-state index in [1.807, 2.05) is 13.8 Å². The largest absolute Gasteiger partial charge is 0.328 e. The van der Waals surface area contributed by atoms with Gasteiger partial charge in [-0.15, -0.1) is 0 Å². The van der Waals surface area contributed by atoms with Gasteiger partial charge in [0.1, 0.15) is 0 Å². The Labute approximate surface area is 67.0 Å². The number of alkyl halides is 2. The van der Waals surface area contributed by atoms with E-state index in [1.54, 1.807) is 0 Å². The highest BCUT2D eigenvalue weighted by Gasteiger charge is 2.33. The van der Waals surface area contributed by atoms with Crippen LogP contribution < -0.4 is 5.73 Å². The van der Waals surface area contributed by atoms with E-state index in [0.717, 1.165) is 0 Å². The van der Waals surface area contributed by atoms with E-state index in [2.05, 4.69) is 0 Å². The van der Waals surface area contributed by atoms with Crippen LogP contribution >= 0.6 is 0 Å². The van der Waals surface area contributed by atoms with E-state index < -0.39 is 5.92 Å². The molecule has 1 rings (SSSR count). The minimum absolute atomic E-state index is 0.0182. The minimum Gasteiger partial charge on any atom is -0.328 e. The van der Waals surface area contributed by atoms with Crippen LogP contribution in [-0.2, 0) is 0 Å². The van der Waals surface area contributed by atoms with Gasteiger partial charge in [-0.25, -0.2) is 8.78 Å². The van der Waals surface area contributed by atoms with Crippen LogP contribution in [0.3, 0.4) is 0 Å². The van der Waals surface area contributed by atoms with Crippen LogP contribution in [0.1, 0.15) is 39.5 Å². The van der Waals surface area contributed by atoms with Crippen LogP contribution in [0.25, 0.3) is 0 Å². The SMILES string of the molecule is CC.NC1CCC(F)(F)CC1. The summed E-state index contributed by atoms with van der Waals surface area (Å²) in [5, 5.41) is 0. The molecule has 0 radical (unpaired) electrons. The smallest absolute Gasteiger partial charge is 0.248 e. The average molecular weight is 165 g/mol. The summed E-state index contributed by atoms with van der Waals surface area (Å²) in [6.45, 7) is 4.00. The first-order valence-corrected chi connectivity index (χ1v) is 4.23. The molecule has 11 heavy (non-hydrogen) atoms. The van der Waals surface area contributed by atoms with Crippen LogP contribution in [0.15, 0.2) is 0 Å². The third-order valence-corrected chi connectivity index (χ3v) is 1.76.